The van der Waals surface area contributed by atoms with Crippen molar-refractivity contribution in [1.82, 2.24) is 14.8 Å². The number of para-hydroxylation sites is 1. The molecule has 0 saturated carbocycles. The summed E-state index contributed by atoms with van der Waals surface area (Å²) in [6.07, 6.45) is 0. The molecular formula is C27H26Cl2N4OS. The smallest absolute Gasteiger partial charge is 0.234 e. The molecule has 0 bridgehead atoms. The number of amides is 1. The first-order chi connectivity index (χ1) is 16.7. The van der Waals surface area contributed by atoms with Crippen LogP contribution >= 0.6 is 35.0 Å². The van der Waals surface area contributed by atoms with Crippen molar-refractivity contribution in [3.8, 4) is 11.4 Å². The van der Waals surface area contributed by atoms with Crippen LogP contribution in [-0.4, -0.2) is 26.4 Å². The van der Waals surface area contributed by atoms with Crippen molar-refractivity contribution in [2.75, 3.05) is 11.1 Å². The molecule has 0 aliphatic rings. The second-order valence-corrected chi connectivity index (χ2v) is 10.9. The number of nitrogens with one attached hydrogen (secondary N) is 1. The molecule has 0 unspecified atom stereocenters. The number of carbonyl (C=O) groups is 1. The van der Waals surface area contributed by atoms with Crippen molar-refractivity contribution < 1.29 is 4.79 Å². The summed E-state index contributed by atoms with van der Waals surface area (Å²) in [7, 11) is 0. The van der Waals surface area contributed by atoms with E-state index in [9.17, 15) is 4.79 Å². The van der Waals surface area contributed by atoms with Crippen molar-refractivity contribution in [2.45, 2.75) is 37.9 Å². The minimum Gasteiger partial charge on any atom is -0.323 e. The number of carbonyl (C=O) groups excluding carboxylic acids is 1. The lowest BCUT2D eigenvalue weighted by Crippen LogP contribution is -2.15. The van der Waals surface area contributed by atoms with E-state index in [1.54, 1.807) is 18.2 Å². The molecule has 0 aliphatic carbocycles. The Balaban J connectivity index is 1.58. The van der Waals surface area contributed by atoms with E-state index in [4.69, 9.17) is 23.2 Å². The number of hydrogen-bond donors (Lipinski definition) is 1. The lowest BCUT2D eigenvalue weighted by Gasteiger charge is -2.19. The van der Waals surface area contributed by atoms with Gasteiger partial charge < -0.3 is 5.32 Å². The van der Waals surface area contributed by atoms with E-state index in [-0.39, 0.29) is 17.1 Å². The molecule has 0 aliphatic heterocycles. The minimum absolute atomic E-state index is 0.0646. The fourth-order valence-corrected chi connectivity index (χ4v) is 4.79. The largest absolute Gasteiger partial charge is 0.323 e. The quantitative estimate of drug-likeness (QED) is 0.257. The van der Waals surface area contributed by atoms with Crippen molar-refractivity contribution in [3.63, 3.8) is 0 Å². The van der Waals surface area contributed by atoms with E-state index >= 15 is 0 Å². The van der Waals surface area contributed by atoms with Gasteiger partial charge in [0.15, 0.2) is 11.0 Å². The topological polar surface area (TPSA) is 59.8 Å². The van der Waals surface area contributed by atoms with Crippen molar-refractivity contribution >= 4 is 46.6 Å². The molecule has 1 amide bonds. The van der Waals surface area contributed by atoms with Gasteiger partial charge >= 0.3 is 0 Å². The molecule has 4 aromatic rings. The summed E-state index contributed by atoms with van der Waals surface area (Å²) >= 11 is 13.7. The van der Waals surface area contributed by atoms with Gasteiger partial charge in [-0.25, -0.2) is 0 Å². The van der Waals surface area contributed by atoms with Crippen LogP contribution in [0, 0.1) is 0 Å². The van der Waals surface area contributed by atoms with Crippen LogP contribution < -0.4 is 5.32 Å². The van der Waals surface area contributed by atoms with Gasteiger partial charge in [-0.3, -0.25) is 9.36 Å². The standard InChI is InChI=1S/C27H26Cl2N4OS/c1-27(2,3)20-14-12-19(13-15-20)25-31-32-26(33(25)16-18-8-5-4-6-9-18)35-17-23(34)30-24-21(28)10-7-11-22(24)29/h4-15H,16-17H2,1-3H3,(H,30,34). The van der Waals surface area contributed by atoms with Crippen LogP contribution in [0.25, 0.3) is 11.4 Å². The first kappa shape index (κ1) is 25.3. The highest BCUT2D eigenvalue weighted by molar-refractivity contribution is 7.99. The zero-order valence-corrected chi connectivity index (χ0v) is 22.1. The Morgan fingerprint density at radius 1 is 0.914 bits per heavy atom. The molecule has 0 fully saturated rings. The lowest BCUT2D eigenvalue weighted by atomic mass is 9.87. The van der Waals surface area contributed by atoms with E-state index in [1.165, 1.54) is 17.3 Å². The molecule has 0 radical (unpaired) electrons. The highest BCUT2D eigenvalue weighted by atomic mass is 35.5. The van der Waals surface area contributed by atoms with Gasteiger partial charge in [-0.05, 0) is 28.7 Å². The molecule has 4 rings (SSSR count). The number of nitrogens with zero attached hydrogens (tertiary/aromatic N) is 3. The Morgan fingerprint density at radius 3 is 2.20 bits per heavy atom. The van der Waals surface area contributed by atoms with Gasteiger partial charge in [0.25, 0.3) is 0 Å². The first-order valence-corrected chi connectivity index (χ1v) is 12.9. The fourth-order valence-electron chi connectivity index (χ4n) is 3.56. The average molecular weight is 526 g/mol. The van der Waals surface area contributed by atoms with Crippen molar-refractivity contribution in [3.05, 3.63) is 94.0 Å². The van der Waals surface area contributed by atoms with Crippen LogP contribution in [0.5, 0.6) is 0 Å². The number of hydrogen-bond acceptors (Lipinski definition) is 4. The van der Waals surface area contributed by atoms with Crippen LogP contribution in [0.4, 0.5) is 5.69 Å². The molecule has 1 N–H and O–H groups in total. The summed E-state index contributed by atoms with van der Waals surface area (Å²) in [5.74, 6) is 0.666. The molecule has 0 atom stereocenters. The zero-order valence-electron chi connectivity index (χ0n) is 19.8. The van der Waals surface area contributed by atoms with Gasteiger partial charge in [0.2, 0.25) is 5.91 Å². The maximum absolute atomic E-state index is 12.7. The van der Waals surface area contributed by atoms with Crippen LogP contribution in [0.2, 0.25) is 10.0 Å². The number of anilines is 1. The number of thioether (sulfide) groups is 1. The number of aromatic nitrogens is 3. The first-order valence-electron chi connectivity index (χ1n) is 11.2. The number of halogens is 2. The van der Waals surface area contributed by atoms with Gasteiger partial charge in [-0.2, -0.15) is 0 Å². The van der Waals surface area contributed by atoms with E-state index in [0.29, 0.717) is 27.4 Å². The Bertz CT molecular complexity index is 1300. The van der Waals surface area contributed by atoms with Crippen LogP contribution in [0.3, 0.4) is 0 Å². The molecule has 180 valence electrons. The van der Waals surface area contributed by atoms with E-state index in [0.717, 1.165) is 17.0 Å². The molecule has 8 heteroatoms. The Morgan fingerprint density at radius 2 is 1.57 bits per heavy atom. The second kappa shape index (κ2) is 10.9. The summed E-state index contributed by atoms with van der Waals surface area (Å²) in [6.45, 7) is 7.16. The van der Waals surface area contributed by atoms with E-state index < -0.39 is 0 Å². The van der Waals surface area contributed by atoms with Crippen LogP contribution in [0.1, 0.15) is 31.9 Å². The molecule has 3 aromatic carbocycles. The molecule has 0 saturated heterocycles. The van der Waals surface area contributed by atoms with Crippen molar-refractivity contribution in [2.24, 2.45) is 0 Å². The highest BCUT2D eigenvalue weighted by Gasteiger charge is 2.19. The molecule has 1 heterocycles. The molecule has 5 nitrogen and oxygen atoms in total. The fraction of sp³-hybridized carbons (Fsp3) is 0.222. The Labute approximate surface area is 219 Å². The summed E-state index contributed by atoms with van der Waals surface area (Å²) in [4.78, 5) is 12.7. The van der Waals surface area contributed by atoms with Gasteiger partial charge in [0.05, 0.1) is 28.0 Å². The maximum atomic E-state index is 12.7. The van der Waals surface area contributed by atoms with Crippen molar-refractivity contribution in [1.29, 1.82) is 0 Å². The normalized spacial score (nSPS) is 11.5. The molecule has 35 heavy (non-hydrogen) atoms. The van der Waals surface area contributed by atoms with Gasteiger partial charge in [-0.15, -0.1) is 10.2 Å². The lowest BCUT2D eigenvalue weighted by molar-refractivity contribution is -0.113. The third-order valence-corrected chi connectivity index (χ3v) is 7.07. The Kier molecular flexibility index (Phi) is 7.85. The van der Waals surface area contributed by atoms with E-state index in [1.807, 2.05) is 22.8 Å². The predicted molar refractivity (Wildman–Crippen MR) is 146 cm³/mol. The van der Waals surface area contributed by atoms with Gasteiger partial charge in [0, 0.05) is 5.56 Å². The van der Waals surface area contributed by atoms with Gasteiger partial charge in [0.1, 0.15) is 0 Å². The van der Waals surface area contributed by atoms with Crippen LogP contribution in [0.15, 0.2) is 78.0 Å². The summed E-state index contributed by atoms with van der Waals surface area (Å²) in [5, 5.41) is 13.1. The Hall–Kier alpha value is -2.80. The predicted octanol–water partition coefficient (Wildman–Crippen LogP) is 7.33. The van der Waals surface area contributed by atoms with Crippen LogP contribution in [-0.2, 0) is 16.8 Å². The highest BCUT2D eigenvalue weighted by Crippen LogP contribution is 2.31. The summed E-state index contributed by atoms with van der Waals surface area (Å²) in [6, 6.07) is 23.6. The molecule has 0 spiro atoms. The minimum atomic E-state index is -0.227. The maximum Gasteiger partial charge on any atom is 0.234 e. The SMILES string of the molecule is CC(C)(C)c1ccc(-c2nnc(SCC(=O)Nc3c(Cl)cccc3Cl)n2Cc2ccccc2)cc1. The van der Waals surface area contributed by atoms with Gasteiger partial charge in [-0.1, -0.05) is 116 Å². The third kappa shape index (κ3) is 6.26. The molecular weight excluding hydrogens is 499 g/mol. The number of rotatable bonds is 7. The average Bonchev–Trinajstić information content (AvgIpc) is 3.22. The second-order valence-electron chi connectivity index (χ2n) is 9.14. The zero-order chi connectivity index (χ0) is 25.0. The summed E-state index contributed by atoms with van der Waals surface area (Å²) in [5.41, 5.74) is 3.82. The third-order valence-electron chi connectivity index (χ3n) is 5.47. The van der Waals surface area contributed by atoms with E-state index in [2.05, 4.69) is 72.7 Å². The monoisotopic (exact) mass is 524 g/mol. The molecule has 1 aromatic heterocycles. The summed E-state index contributed by atoms with van der Waals surface area (Å²) < 4.78 is 2.04. The number of benzene rings is 3.